The van der Waals surface area contributed by atoms with Crippen molar-refractivity contribution in [1.82, 2.24) is 15.1 Å². The van der Waals surface area contributed by atoms with Crippen LogP contribution in [0, 0.1) is 5.92 Å². The van der Waals surface area contributed by atoms with Gasteiger partial charge in [-0.05, 0) is 25.4 Å². The summed E-state index contributed by atoms with van der Waals surface area (Å²) < 4.78 is 0. The molecule has 2 fully saturated rings. The Kier molecular flexibility index (Phi) is 2.91. The van der Waals surface area contributed by atoms with Crippen molar-refractivity contribution >= 4 is 6.03 Å². The van der Waals surface area contributed by atoms with E-state index in [9.17, 15) is 4.79 Å². The third-order valence-electron chi connectivity index (χ3n) is 3.24. The number of hydrogen-bond donors (Lipinski definition) is 1. The van der Waals surface area contributed by atoms with Gasteiger partial charge in [-0.3, -0.25) is 0 Å². The molecule has 0 saturated carbocycles. The van der Waals surface area contributed by atoms with E-state index in [-0.39, 0.29) is 6.03 Å². The lowest BCUT2D eigenvalue weighted by Crippen LogP contribution is -2.34. The Balaban J connectivity index is 1.78. The maximum atomic E-state index is 11.3. The van der Waals surface area contributed by atoms with Crippen LogP contribution in [0.4, 0.5) is 4.79 Å². The van der Waals surface area contributed by atoms with E-state index in [1.807, 2.05) is 4.90 Å². The average molecular weight is 197 g/mol. The second-order valence-corrected chi connectivity index (χ2v) is 4.23. The molecule has 2 heterocycles. The number of rotatable bonds is 3. The van der Waals surface area contributed by atoms with Crippen LogP contribution in [0.2, 0.25) is 0 Å². The molecule has 0 spiro atoms. The van der Waals surface area contributed by atoms with Gasteiger partial charge in [0, 0.05) is 26.2 Å². The lowest BCUT2D eigenvalue weighted by atomic mass is 10.1. The van der Waals surface area contributed by atoms with E-state index >= 15 is 0 Å². The first-order valence-electron chi connectivity index (χ1n) is 5.54. The number of carbonyl (C=O) groups is 1. The predicted octanol–water partition coefficient (Wildman–Crippen LogP) is 0.353. The molecular weight excluding hydrogens is 178 g/mol. The molecule has 80 valence electrons. The molecule has 14 heavy (non-hydrogen) atoms. The van der Waals surface area contributed by atoms with E-state index in [0.29, 0.717) is 5.92 Å². The van der Waals surface area contributed by atoms with Crippen molar-refractivity contribution in [3.63, 3.8) is 0 Å². The molecule has 2 saturated heterocycles. The summed E-state index contributed by atoms with van der Waals surface area (Å²) in [5.41, 5.74) is 0. The van der Waals surface area contributed by atoms with Gasteiger partial charge < -0.3 is 15.1 Å². The van der Waals surface area contributed by atoms with Gasteiger partial charge >= 0.3 is 6.03 Å². The Bertz CT molecular complexity index is 219. The number of carbonyl (C=O) groups excluding carboxylic acids is 1. The van der Waals surface area contributed by atoms with Crippen LogP contribution >= 0.6 is 0 Å². The standard InChI is InChI=1S/C10H19N3O/c1-2-12-5-3-9(7-12)8-13-6-4-11-10(13)14/h9H,2-8H2,1H3,(H,11,14). The van der Waals surface area contributed by atoms with Crippen LogP contribution in [0.15, 0.2) is 0 Å². The van der Waals surface area contributed by atoms with Crippen molar-refractivity contribution in [2.75, 3.05) is 39.3 Å². The summed E-state index contributed by atoms with van der Waals surface area (Å²) in [6.45, 7) is 8.37. The first kappa shape index (κ1) is 9.77. The lowest BCUT2D eigenvalue weighted by molar-refractivity contribution is 0.208. The largest absolute Gasteiger partial charge is 0.336 e. The van der Waals surface area contributed by atoms with Crippen molar-refractivity contribution in [3.8, 4) is 0 Å². The fraction of sp³-hybridized carbons (Fsp3) is 0.900. The van der Waals surface area contributed by atoms with Crippen molar-refractivity contribution in [3.05, 3.63) is 0 Å². The second-order valence-electron chi connectivity index (χ2n) is 4.23. The molecule has 2 aliphatic heterocycles. The average Bonchev–Trinajstić information content (AvgIpc) is 2.77. The van der Waals surface area contributed by atoms with Crippen LogP contribution < -0.4 is 5.32 Å². The van der Waals surface area contributed by atoms with Gasteiger partial charge in [-0.2, -0.15) is 0 Å². The molecule has 1 atom stereocenters. The van der Waals surface area contributed by atoms with Crippen LogP contribution in [-0.2, 0) is 0 Å². The van der Waals surface area contributed by atoms with Gasteiger partial charge in [0.05, 0.1) is 0 Å². The highest BCUT2D eigenvalue weighted by molar-refractivity contribution is 5.76. The van der Waals surface area contributed by atoms with E-state index in [1.54, 1.807) is 0 Å². The zero-order valence-electron chi connectivity index (χ0n) is 8.83. The molecule has 0 aromatic carbocycles. The highest BCUT2D eigenvalue weighted by atomic mass is 16.2. The number of nitrogens with zero attached hydrogens (tertiary/aromatic N) is 2. The number of amides is 2. The van der Waals surface area contributed by atoms with E-state index < -0.39 is 0 Å². The van der Waals surface area contributed by atoms with Crippen molar-refractivity contribution in [2.24, 2.45) is 5.92 Å². The van der Waals surface area contributed by atoms with E-state index in [4.69, 9.17) is 0 Å². The molecule has 1 unspecified atom stereocenters. The van der Waals surface area contributed by atoms with Crippen LogP contribution in [0.3, 0.4) is 0 Å². The fourth-order valence-corrected chi connectivity index (χ4v) is 2.35. The summed E-state index contributed by atoms with van der Waals surface area (Å²) in [6.07, 6.45) is 1.25. The Morgan fingerprint density at radius 2 is 2.36 bits per heavy atom. The summed E-state index contributed by atoms with van der Waals surface area (Å²) in [4.78, 5) is 15.7. The maximum absolute atomic E-state index is 11.3. The number of hydrogen-bond acceptors (Lipinski definition) is 2. The minimum absolute atomic E-state index is 0.125. The number of likely N-dealkylation sites (tertiary alicyclic amines) is 1. The van der Waals surface area contributed by atoms with Crippen LogP contribution in [-0.4, -0.2) is 55.1 Å². The molecule has 2 amide bonds. The number of nitrogens with one attached hydrogen (secondary N) is 1. The molecule has 4 heteroatoms. The summed E-state index contributed by atoms with van der Waals surface area (Å²) in [5.74, 6) is 0.693. The van der Waals surface area contributed by atoms with Crippen LogP contribution in [0.25, 0.3) is 0 Å². The lowest BCUT2D eigenvalue weighted by Gasteiger charge is -2.19. The van der Waals surface area contributed by atoms with Gasteiger partial charge in [-0.15, -0.1) is 0 Å². The molecule has 0 aliphatic carbocycles. The van der Waals surface area contributed by atoms with Gasteiger partial charge in [0.15, 0.2) is 0 Å². The molecule has 0 aromatic rings. The van der Waals surface area contributed by atoms with Gasteiger partial charge in [0.1, 0.15) is 0 Å². The van der Waals surface area contributed by atoms with E-state index in [1.165, 1.54) is 19.5 Å². The summed E-state index contributed by atoms with van der Waals surface area (Å²) >= 11 is 0. The Labute approximate surface area is 85.2 Å². The molecule has 2 aliphatic rings. The van der Waals surface area contributed by atoms with Crippen LogP contribution in [0.1, 0.15) is 13.3 Å². The molecule has 4 nitrogen and oxygen atoms in total. The highest BCUT2D eigenvalue weighted by Crippen LogP contribution is 2.17. The quantitative estimate of drug-likeness (QED) is 0.709. The zero-order valence-corrected chi connectivity index (χ0v) is 8.83. The monoisotopic (exact) mass is 197 g/mol. The molecule has 2 rings (SSSR count). The SMILES string of the molecule is CCN1CCC(CN2CCNC2=O)C1. The Hall–Kier alpha value is -0.770. The molecular formula is C10H19N3O. The van der Waals surface area contributed by atoms with Crippen molar-refractivity contribution in [1.29, 1.82) is 0 Å². The topological polar surface area (TPSA) is 35.6 Å². The third kappa shape index (κ3) is 2.00. The first-order chi connectivity index (χ1) is 6.79. The van der Waals surface area contributed by atoms with Crippen molar-refractivity contribution < 1.29 is 4.79 Å². The minimum atomic E-state index is 0.125. The van der Waals surface area contributed by atoms with Crippen LogP contribution in [0.5, 0.6) is 0 Å². The fourth-order valence-electron chi connectivity index (χ4n) is 2.35. The van der Waals surface area contributed by atoms with E-state index in [2.05, 4.69) is 17.1 Å². The summed E-state index contributed by atoms with van der Waals surface area (Å²) in [7, 11) is 0. The van der Waals surface area contributed by atoms with Gasteiger partial charge in [-0.1, -0.05) is 6.92 Å². The first-order valence-corrected chi connectivity index (χ1v) is 5.54. The second kappa shape index (κ2) is 4.17. The van der Waals surface area contributed by atoms with Gasteiger partial charge in [-0.25, -0.2) is 4.79 Å². The Morgan fingerprint density at radius 1 is 1.50 bits per heavy atom. The summed E-state index contributed by atoms with van der Waals surface area (Å²) in [5, 5.41) is 2.84. The Morgan fingerprint density at radius 3 is 2.93 bits per heavy atom. The molecule has 1 N–H and O–H groups in total. The molecule has 0 radical (unpaired) electrons. The third-order valence-corrected chi connectivity index (χ3v) is 3.24. The molecule has 0 aromatic heterocycles. The van der Waals surface area contributed by atoms with Crippen molar-refractivity contribution in [2.45, 2.75) is 13.3 Å². The maximum Gasteiger partial charge on any atom is 0.317 e. The van der Waals surface area contributed by atoms with Gasteiger partial charge in [0.25, 0.3) is 0 Å². The van der Waals surface area contributed by atoms with Gasteiger partial charge in [0.2, 0.25) is 0 Å². The number of urea groups is 1. The zero-order chi connectivity index (χ0) is 9.97. The minimum Gasteiger partial charge on any atom is -0.336 e. The molecule has 0 bridgehead atoms. The normalized spacial score (nSPS) is 28.5. The smallest absolute Gasteiger partial charge is 0.317 e. The highest BCUT2D eigenvalue weighted by Gasteiger charge is 2.27. The summed E-state index contributed by atoms with van der Waals surface area (Å²) in [6, 6.07) is 0.125. The predicted molar refractivity (Wildman–Crippen MR) is 55.2 cm³/mol. The van der Waals surface area contributed by atoms with E-state index in [0.717, 1.165) is 26.2 Å².